The number of anilines is 1. The average Bonchev–Trinajstić information content (AvgIpc) is 3.01. The van der Waals surface area contributed by atoms with Gasteiger partial charge in [-0.2, -0.15) is 5.10 Å². The number of aromatic amines is 1. The number of H-pyrrole nitrogens is 1. The number of benzene rings is 1. The van der Waals surface area contributed by atoms with Gasteiger partial charge < -0.3 is 10.6 Å². The van der Waals surface area contributed by atoms with Crippen LogP contribution < -0.4 is 10.6 Å². The van der Waals surface area contributed by atoms with E-state index >= 15 is 0 Å². The minimum atomic E-state index is -0.515. The SMILES string of the molecule is CCC[C@@H](NC(C)=O)C(=O)Nc1cccc(-c2ccn[nH]2)c1. The van der Waals surface area contributed by atoms with Crippen molar-refractivity contribution in [2.24, 2.45) is 0 Å². The van der Waals surface area contributed by atoms with E-state index in [0.29, 0.717) is 12.1 Å². The van der Waals surface area contributed by atoms with E-state index in [1.807, 2.05) is 37.3 Å². The molecule has 0 spiro atoms. The molecule has 0 aliphatic heterocycles. The van der Waals surface area contributed by atoms with Gasteiger partial charge in [-0.15, -0.1) is 0 Å². The molecule has 2 rings (SSSR count). The first-order valence-electron chi connectivity index (χ1n) is 7.28. The van der Waals surface area contributed by atoms with Gasteiger partial charge in [0, 0.05) is 24.4 Å². The lowest BCUT2D eigenvalue weighted by Gasteiger charge is -2.17. The molecule has 0 aliphatic carbocycles. The molecule has 1 atom stereocenters. The van der Waals surface area contributed by atoms with E-state index in [9.17, 15) is 9.59 Å². The summed E-state index contributed by atoms with van der Waals surface area (Å²) in [6.07, 6.45) is 3.09. The van der Waals surface area contributed by atoms with E-state index in [-0.39, 0.29) is 11.8 Å². The molecule has 116 valence electrons. The molecule has 1 aromatic heterocycles. The summed E-state index contributed by atoms with van der Waals surface area (Å²) in [7, 11) is 0. The van der Waals surface area contributed by atoms with Crippen molar-refractivity contribution in [2.75, 3.05) is 5.32 Å². The van der Waals surface area contributed by atoms with Gasteiger partial charge in [0.15, 0.2) is 0 Å². The molecular formula is C16H20N4O2. The highest BCUT2D eigenvalue weighted by Crippen LogP contribution is 2.20. The van der Waals surface area contributed by atoms with Crippen molar-refractivity contribution >= 4 is 17.5 Å². The lowest BCUT2D eigenvalue weighted by atomic mass is 10.1. The Balaban J connectivity index is 2.10. The second-order valence-corrected chi connectivity index (χ2v) is 5.08. The molecule has 0 aliphatic rings. The third-order valence-electron chi connectivity index (χ3n) is 3.21. The Hall–Kier alpha value is -2.63. The van der Waals surface area contributed by atoms with Crippen LogP contribution in [0, 0.1) is 0 Å². The van der Waals surface area contributed by atoms with Gasteiger partial charge in [0.25, 0.3) is 0 Å². The van der Waals surface area contributed by atoms with Crippen molar-refractivity contribution < 1.29 is 9.59 Å². The van der Waals surface area contributed by atoms with Gasteiger partial charge in [0.05, 0.1) is 5.69 Å². The zero-order valence-electron chi connectivity index (χ0n) is 12.7. The van der Waals surface area contributed by atoms with Crippen molar-refractivity contribution in [1.82, 2.24) is 15.5 Å². The smallest absolute Gasteiger partial charge is 0.246 e. The monoisotopic (exact) mass is 300 g/mol. The molecule has 0 fully saturated rings. The highest BCUT2D eigenvalue weighted by molar-refractivity contribution is 5.97. The average molecular weight is 300 g/mol. The van der Waals surface area contributed by atoms with Crippen LogP contribution in [0.5, 0.6) is 0 Å². The first-order chi connectivity index (χ1) is 10.6. The first kappa shape index (κ1) is 15.8. The number of nitrogens with one attached hydrogen (secondary N) is 3. The van der Waals surface area contributed by atoms with Crippen LogP contribution in [0.15, 0.2) is 36.5 Å². The van der Waals surface area contributed by atoms with Crippen LogP contribution in [0.3, 0.4) is 0 Å². The summed E-state index contributed by atoms with van der Waals surface area (Å²) in [6, 6.07) is 8.81. The van der Waals surface area contributed by atoms with E-state index < -0.39 is 6.04 Å². The molecule has 22 heavy (non-hydrogen) atoms. The van der Waals surface area contributed by atoms with Crippen LogP contribution in [-0.2, 0) is 9.59 Å². The van der Waals surface area contributed by atoms with E-state index in [2.05, 4.69) is 20.8 Å². The molecule has 1 heterocycles. The second-order valence-electron chi connectivity index (χ2n) is 5.08. The summed E-state index contributed by atoms with van der Waals surface area (Å²) in [4.78, 5) is 23.5. The fraction of sp³-hybridized carbons (Fsp3) is 0.312. The Morgan fingerprint density at radius 2 is 2.14 bits per heavy atom. The van der Waals surface area contributed by atoms with Crippen molar-refractivity contribution in [3.63, 3.8) is 0 Å². The number of amides is 2. The molecule has 0 saturated carbocycles. The largest absolute Gasteiger partial charge is 0.345 e. The number of hydrogen-bond acceptors (Lipinski definition) is 3. The van der Waals surface area contributed by atoms with E-state index in [4.69, 9.17) is 0 Å². The summed E-state index contributed by atoms with van der Waals surface area (Å²) in [5.41, 5.74) is 2.49. The van der Waals surface area contributed by atoms with Crippen LogP contribution in [0.4, 0.5) is 5.69 Å². The maximum atomic E-state index is 12.3. The van der Waals surface area contributed by atoms with Crippen LogP contribution in [-0.4, -0.2) is 28.1 Å². The zero-order chi connectivity index (χ0) is 15.9. The van der Waals surface area contributed by atoms with E-state index in [1.165, 1.54) is 6.92 Å². The summed E-state index contributed by atoms with van der Waals surface area (Å²) in [5.74, 6) is -0.418. The molecule has 0 unspecified atom stereocenters. The van der Waals surface area contributed by atoms with Gasteiger partial charge >= 0.3 is 0 Å². The van der Waals surface area contributed by atoms with Crippen LogP contribution in [0.25, 0.3) is 11.3 Å². The Morgan fingerprint density at radius 3 is 2.77 bits per heavy atom. The van der Waals surface area contributed by atoms with Crippen LogP contribution >= 0.6 is 0 Å². The quantitative estimate of drug-likeness (QED) is 0.765. The maximum Gasteiger partial charge on any atom is 0.246 e. The summed E-state index contributed by atoms with van der Waals surface area (Å²) < 4.78 is 0. The van der Waals surface area contributed by atoms with E-state index in [1.54, 1.807) is 6.20 Å². The molecule has 0 saturated heterocycles. The molecule has 6 heteroatoms. The Bertz CT molecular complexity index is 637. The van der Waals surface area contributed by atoms with Crippen molar-refractivity contribution in [3.05, 3.63) is 36.5 Å². The lowest BCUT2D eigenvalue weighted by molar-refractivity contribution is -0.125. The maximum absolute atomic E-state index is 12.3. The fourth-order valence-electron chi connectivity index (χ4n) is 2.21. The summed E-state index contributed by atoms with van der Waals surface area (Å²) in [5, 5.41) is 12.3. The fourth-order valence-corrected chi connectivity index (χ4v) is 2.21. The van der Waals surface area contributed by atoms with Gasteiger partial charge in [-0.05, 0) is 24.6 Å². The zero-order valence-corrected chi connectivity index (χ0v) is 12.7. The molecule has 2 amide bonds. The molecule has 0 radical (unpaired) electrons. The number of nitrogens with zero attached hydrogens (tertiary/aromatic N) is 1. The van der Waals surface area contributed by atoms with Crippen LogP contribution in [0.1, 0.15) is 26.7 Å². The normalized spacial score (nSPS) is 11.7. The van der Waals surface area contributed by atoms with Crippen molar-refractivity contribution in [3.8, 4) is 11.3 Å². The molecule has 0 bridgehead atoms. The molecule has 6 nitrogen and oxygen atoms in total. The van der Waals surface area contributed by atoms with Crippen LogP contribution in [0.2, 0.25) is 0 Å². The minimum Gasteiger partial charge on any atom is -0.345 e. The Labute approximate surface area is 129 Å². The van der Waals surface area contributed by atoms with Gasteiger partial charge in [0.2, 0.25) is 11.8 Å². The summed E-state index contributed by atoms with van der Waals surface area (Å²) >= 11 is 0. The highest BCUT2D eigenvalue weighted by Gasteiger charge is 2.18. The number of hydrogen-bond donors (Lipinski definition) is 3. The summed E-state index contributed by atoms with van der Waals surface area (Å²) in [6.45, 7) is 3.38. The second kappa shape index (κ2) is 7.40. The lowest BCUT2D eigenvalue weighted by Crippen LogP contribution is -2.42. The Morgan fingerprint density at radius 1 is 1.32 bits per heavy atom. The minimum absolute atomic E-state index is 0.209. The molecule has 1 aromatic carbocycles. The molecule has 3 N–H and O–H groups in total. The first-order valence-corrected chi connectivity index (χ1v) is 7.28. The van der Waals surface area contributed by atoms with Gasteiger partial charge in [-0.3, -0.25) is 14.7 Å². The topological polar surface area (TPSA) is 86.9 Å². The number of carbonyl (C=O) groups excluding carboxylic acids is 2. The number of aromatic nitrogens is 2. The third-order valence-corrected chi connectivity index (χ3v) is 3.21. The predicted molar refractivity (Wildman–Crippen MR) is 85.2 cm³/mol. The van der Waals surface area contributed by atoms with Gasteiger partial charge in [-0.1, -0.05) is 25.5 Å². The van der Waals surface area contributed by atoms with Crippen molar-refractivity contribution in [2.45, 2.75) is 32.7 Å². The Kier molecular flexibility index (Phi) is 5.30. The standard InChI is InChI=1S/C16H20N4O2/c1-3-5-15(18-11(2)21)16(22)19-13-7-4-6-12(10-13)14-8-9-17-20-14/h4,6-10,15H,3,5H2,1-2H3,(H,17,20)(H,18,21)(H,19,22)/t15-/m1/s1. The van der Waals surface area contributed by atoms with E-state index in [0.717, 1.165) is 17.7 Å². The van der Waals surface area contributed by atoms with Gasteiger partial charge in [0.1, 0.15) is 6.04 Å². The number of carbonyl (C=O) groups is 2. The predicted octanol–water partition coefficient (Wildman–Crippen LogP) is 2.32. The molecule has 2 aromatic rings. The molecular weight excluding hydrogens is 280 g/mol. The highest BCUT2D eigenvalue weighted by atomic mass is 16.2. The van der Waals surface area contributed by atoms with Crippen molar-refractivity contribution in [1.29, 1.82) is 0 Å². The van der Waals surface area contributed by atoms with Gasteiger partial charge in [-0.25, -0.2) is 0 Å². The number of rotatable bonds is 6. The third kappa shape index (κ3) is 4.18.